The van der Waals surface area contributed by atoms with E-state index in [2.05, 4.69) is 15.0 Å². The van der Waals surface area contributed by atoms with E-state index in [0.29, 0.717) is 34.2 Å². The van der Waals surface area contributed by atoms with Gasteiger partial charge in [0.15, 0.2) is 11.5 Å². The topological polar surface area (TPSA) is 78.9 Å². The fourth-order valence-corrected chi connectivity index (χ4v) is 2.25. The second-order valence-electron chi connectivity index (χ2n) is 4.81. The number of nitrogens with zero attached hydrogens (tertiary/aromatic N) is 4. The summed E-state index contributed by atoms with van der Waals surface area (Å²) in [6.45, 7) is 3.87. The van der Waals surface area contributed by atoms with E-state index < -0.39 is 0 Å². The van der Waals surface area contributed by atoms with Crippen molar-refractivity contribution in [1.29, 1.82) is 0 Å². The normalized spacial score (nSPS) is 11.2. The monoisotopic (exact) mass is 303 g/mol. The minimum absolute atomic E-state index is 0.0371. The van der Waals surface area contributed by atoms with Gasteiger partial charge in [0.2, 0.25) is 5.88 Å². The number of halogens is 1. The Morgan fingerprint density at radius 1 is 1.24 bits per heavy atom. The summed E-state index contributed by atoms with van der Waals surface area (Å²) in [7, 11) is 0. The van der Waals surface area contributed by atoms with Crippen molar-refractivity contribution < 1.29 is 4.74 Å². The number of pyridine rings is 2. The van der Waals surface area contributed by atoms with Crippen LogP contribution >= 0.6 is 11.8 Å². The van der Waals surface area contributed by atoms with Crippen LogP contribution in [0.4, 0.5) is 5.82 Å². The van der Waals surface area contributed by atoms with Crippen molar-refractivity contribution in [3.05, 3.63) is 30.5 Å². The number of aromatic nitrogens is 4. The highest BCUT2D eigenvalue weighted by Crippen LogP contribution is 2.28. The molecule has 0 aliphatic carbocycles. The highest BCUT2D eigenvalue weighted by Gasteiger charge is 2.16. The molecule has 0 fully saturated rings. The van der Waals surface area contributed by atoms with Crippen molar-refractivity contribution in [3.63, 3.8) is 0 Å². The van der Waals surface area contributed by atoms with Gasteiger partial charge in [0.1, 0.15) is 11.3 Å². The molecule has 0 aromatic carbocycles. The summed E-state index contributed by atoms with van der Waals surface area (Å²) in [4.78, 5) is 12.9. The van der Waals surface area contributed by atoms with Gasteiger partial charge < -0.3 is 10.5 Å². The summed E-state index contributed by atoms with van der Waals surface area (Å²) in [6, 6.07) is 7.17. The lowest BCUT2D eigenvalue weighted by Gasteiger charge is -2.07. The molecule has 0 atom stereocenters. The van der Waals surface area contributed by atoms with Crippen LogP contribution in [0.3, 0.4) is 0 Å². The third-order valence-corrected chi connectivity index (χ3v) is 3.18. The molecule has 0 spiro atoms. The second kappa shape index (κ2) is 5.21. The number of imidazole rings is 1. The van der Waals surface area contributed by atoms with Crippen LogP contribution in [0.5, 0.6) is 5.88 Å². The SMILES string of the molecule is CC(C)Oc1ccc2nc(-c3cccnc3N)n(Cl)c2n1. The fraction of sp³-hybridized carbons (Fsp3) is 0.214. The zero-order valence-corrected chi connectivity index (χ0v) is 12.4. The average Bonchev–Trinajstić information content (AvgIpc) is 2.76. The highest BCUT2D eigenvalue weighted by atomic mass is 35.5. The van der Waals surface area contributed by atoms with E-state index in [-0.39, 0.29) is 6.10 Å². The van der Waals surface area contributed by atoms with Crippen LogP contribution in [0, 0.1) is 0 Å². The van der Waals surface area contributed by atoms with Gasteiger partial charge in [-0.25, -0.2) is 14.1 Å². The number of hydrogen-bond acceptors (Lipinski definition) is 5. The summed E-state index contributed by atoms with van der Waals surface area (Å²) >= 11 is 6.32. The first-order chi connectivity index (χ1) is 10.1. The van der Waals surface area contributed by atoms with Gasteiger partial charge >= 0.3 is 0 Å². The molecule has 3 aromatic rings. The molecule has 108 valence electrons. The molecule has 21 heavy (non-hydrogen) atoms. The summed E-state index contributed by atoms with van der Waals surface area (Å²) in [6.07, 6.45) is 1.66. The maximum Gasteiger partial charge on any atom is 0.215 e. The number of anilines is 1. The molecule has 0 unspecified atom stereocenters. The Morgan fingerprint density at radius 2 is 2.05 bits per heavy atom. The zero-order chi connectivity index (χ0) is 15.0. The number of nitrogen functional groups attached to an aromatic ring is 1. The van der Waals surface area contributed by atoms with Crippen LogP contribution in [0.2, 0.25) is 0 Å². The van der Waals surface area contributed by atoms with E-state index >= 15 is 0 Å². The minimum Gasteiger partial charge on any atom is -0.475 e. The quantitative estimate of drug-likeness (QED) is 0.805. The van der Waals surface area contributed by atoms with Gasteiger partial charge in [0.05, 0.1) is 11.7 Å². The molecule has 2 N–H and O–H groups in total. The summed E-state index contributed by atoms with van der Waals surface area (Å²) in [5.74, 6) is 1.38. The first-order valence-electron chi connectivity index (χ1n) is 6.49. The molecule has 0 radical (unpaired) electrons. The standard InChI is InChI=1S/C14H14ClN5O/c1-8(2)21-11-6-5-10-14(19-11)20(15)13(18-10)9-4-3-7-17-12(9)16/h3-8H,1-2H3,(H2,16,17). The van der Waals surface area contributed by atoms with E-state index in [1.54, 1.807) is 18.3 Å². The van der Waals surface area contributed by atoms with Crippen LogP contribution in [-0.2, 0) is 0 Å². The van der Waals surface area contributed by atoms with Gasteiger partial charge in [-0.15, -0.1) is 0 Å². The van der Waals surface area contributed by atoms with Crippen LogP contribution in [0.1, 0.15) is 13.8 Å². The summed E-state index contributed by atoms with van der Waals surface area (Å²) < 4.78 is 6.94. The summed E-state index contributed by atoms with van der Waals surface area (Å²) in [5.41, 5.74) is 7.72. The van der Waals surface area contributed by atoms with Crippen molar-refractivity contribution in [2.45, 2.75) is 20.0 Å². The molecule has 0 aliphatic heterocycles. The lowest BCUT2D eigenvalue weighted by atomic mass is 10.2. The third-order valence-electron chi connectivity index (χ3n) is 2.86. The predicted octanol–water partition coefficient (Wildman–Crippen LogP) is 2.86. The van der Waals surface area contributed by atoms with E-state index in [4.69, 9.17) is 22.2 Å². The number of ether oxygens (including phenoxy) is 1. The van der Waals surface area contributed by atoms with Crippen molar-refractivity contribution in [2.75, 3.05) is 5.73 Å². The van der Waals surface area contributed by atoms with Crippen molar-refractivity contribution in [1.82, 2.24) is 19.0 Å². The van der Waals surface area contributed by atoms with Gasteiger partial charge in [-0.3, -0.25) is 0 Å². The Bertz CT molecular complexity index is 799. The van der Waals surface area contributed by atoms with Gasteiger partial charge in [-0.1, -0.05) is 0 Å². The maximum atomic E-state index is 6.32. The lowest BCUT2D eigenvalue weighted by Crippen LogP contribution is -2.06. The minimum atomic E-state index is 0.0371. The largest absolute Gasteiger partial charge is 0.475 e. The van der Waals surface area contributed by atoms with Crippen molar-refractivity contribution in [3.8, 4) is 17.3 Å². The molecule has 0 aliphatic rings. The Kier molecular flexibility index (Phi) is 3.39. The number of nitrogens with two attached hydrogens (primary N) is 1. The Balaban J connectivity index is 2.14. The molecular formula is C14H14ClN5O. The molecule has 0 amide bonds. The average molecular weight is 304 g/mol. The fourth-order valence-electron chi connectivity index (χ4n) is 1.99. The first kappa shape index (κ1) is 13.6. The van der Waals surface area contributed by atoms with E-state index in [1.165, 1.54) is 4.09 Å². The Morgan fingerprint density at radius 3 is 2.76 bits per heavy atom. The molecule has 0 bridgehead atoms. The van der Waals surface area contributed by atoms with Crippen LogP contribution in [-0.4, -0.2) is 25.1 Å². The Hall–Kier alpha value is -2.34. The van der Waals surface area contributed by atoms with Crippen molar-refractivity contribution >= 4 is 28.8 Å². The Labute approximate surface area is 126 Å². The van der Waals surface area contributed by atoms with E-state index in [9.17, 15) is 0 Å². The molecular weight excluding hydrogens is 290 g/mol. The molecule has 0 saturated carbocycles. The number of rotatable bonds is 3. The lowest BCUT2D eigenvalue weighted by molar-refractivity contribution is 0.233. The highest BCUT2D eigenvalue weighted by molar-refractivity contribution is 6.20. The molecule has 3 heterocycles. The second-order valence-corrected chi connectivity index (χ2v) is 5.15. The van der Waals surface area contributed by atoms with E-state index in [0.717, 1.165) is 0 Å². The van der Waals surface area contributed by atoms with Crippen LogP contribution in [0.25, 0.3) is 22.6 Å². The first-order valence-corrected chi connectivity index (χ1v) is 6.83. The van der Waals surface area contributed by atoms with Gasteiger partial charge in [0.25, 0.3) is 0 Å². The van der Waals surface area contributed by atoms with Crippen LogP contribution in [0.15, 0.2) is 30.5 Å². The molecule has 0 saturated heterocycles. The molecule has 6 nitrogen and oxygen atoms in total. The predicted molar refractivity (Wildman–Crippen MR) is 82.2 cm³/mol. The van der Waals surface area contributed by atoms with Gasteiger partial charge in [0, 0.05) is 24.0 Å². The smallest absolute Gasteiger partial charge is 0.215 e. The van der Waals surface area contributed by atoms with Gasteiger partial charge in [-0.2, -0.15) is 4.98 Å². The third kappa shape index (κ3) is 2.50. The summed E-state index contributed by atoms with van der Waals surface area (Å²) in [5, 5.41) is 0. The van der Waals surface area contributed by atoms with Crippen molar-refractivity contribution in [2.24, 2.45) is 0 Å². The van der Waals surface area contributed by atoms with Gasteiger partial charge in [-0.05, 0) is 32.0 Å². The maximum absolute atomic E-state index is 6.32. The van der Waals surface area contributed by atoms with Crippen LogP contribution < -0.4 is 10.5 Å². The molecule has 7 heteroatoms. The molecule has 3 rings (SSSR count). The zero-order valence-electron chi connectivity index (χ0n) is 11.6. The van der Waals surface area contributed by atoms with E-state index in [1.807, 2.05) is 26.0 Å². The number of fused-ring (bicyclic) bond motifs is 1. The number of hydrogen-bond donors (Lipinski definition) is 1. The molecule has 3 aromatic heterocycles.